The Bertz CT molecular complexity index is 1610. The molecule has 3 atom stereocenters. The van der Waals surface area contributed by atoms with Crippen LogP contribution >= 0.6 is 0 Å². The minimum Gasteiger partial charge on any atom is -0.508 e. The zero-order chi connectivity index (χ0) is 26.0. The van der Waals surface area contributed by atoms with Crippen molar-refractivity contribution >= 4 is 22.9 Å². The minimum atomic E-state index is -1.45. The van der Waals surface area contributed by atoms with Gasteiger partial charge in [0.05, 0.1) is 25.1 Å². The number of imide groups is 1. The first kappa shape index (κ1) is 22.8. The number of nitrogens with one attached hydrogen (secondary N) is 2. The highest BCUT2D eigenvalue weighted by molar-refractivity contribution is 6.07. The molecule has 2 aromatic heterocycles. The van der Waals surface area contributed by atoms with Gasteiger partial charge in [0.25, 0.3) is 5.91 Å². The lowest BCUT2D eigenvalue weighted by Crippen LogP contribution is -2.56. The summed E-state index contributed by atoms with van der Waals surface area (Å²) in [6, 6.07) is 15.7. The van der Waals surface area contributed by atoms with Crippen LogP contribution in [0.5, 0.6) is 11.5 Å². The topological polar surface area (TPSA) is 126 Å². The smallest absolute Gasteiger partial charge is 0.322 e. The van der Waals surface area contributed by atoms with Gasteiger partial charge in [-0.25, -0.2) is 4.79 Å². The number of amides is 3. The zero-order valence-electron chi connectivity index (χ0n) is 20.4. The van der Waals surface area contributed by atoms with Crippen LogP contribution in [0.2, 0.25) is 0 Å². The predicted molar refractivity (Wildman–Crippen MR) is 135 cm³/mol. The van der Waals surface area contributed by atoms with E-state index in [1.54, 1.807) is 37.6 Å². The number of benzene rings is 2. The predicted octanol–water partition coefficient (Wildman–Crippen LogP) is 3.55. The lowest BCUT2D eigenvalue weighted by Gasteiger charge is -2.42. The number of furan rings is 1. The number of fused-ring (bicyclic) bond motifs is 2. The number of aromatic hydroxyl groups is 1. The molecule has 3 amide bonds. The van der Waals surface area contributed by atoms with E-state index in [2.05, 4.69) is 20.5 Å². The molecule has 10 heteroatoms. The van der Waals surface area contributed by atoms with E-state index >= 15 is 0 Å². The largest absolute Gasteiger partial charge is 0.508 e. The molecule has 6 heterocycles. The Labute approximate surface area is 217 Å². The zero-order valence-corrected chi connectivity index (χ0v) is 20.4. The Kier molecular flexibility index (Phi) is 4.97. The van der Waals surface area contributed by atoms with Crippen molar-refractivity contribution in [2.45, 2.75) is 30.8 Å². The highest BCUT2D eigenvalue weighted by Crippen LogP contribution is 2.45. The van der Waals surface area contributed by atoms with E-state index in [1.165, 1.54) is 0 Å². The number of urea groups is 1. The van der Waals surface area contributed by atoms with E-state index in [-0.39, 0.29) is 24.6 Å². The molecular formula is C28H24N4O6. The molecule has 10 nitrogen and oxygen atoms in total. The molecule has 2 aromatic carbocycles. The van der Waals surface area contributed by atoms with Gasteiger partial charge in [-0.3, -0.25) is 20.0 Å². The number of nitrogens with zero attached hydrogens (tertiary/aromatic N) is 2. The third-order valence-electron chi connectivity index (χ3n) is 7.57. The van der Waals surface area contributed by atoms with Crippen molar-refractivity contribution in [1.82, 2.24) is 20.5 Å². The third kappa shape index (κ3) is 3.52. The number of phenolic OH excluding ortho intramolecular Hbond substituents is 1. The number of carbonyl (C=O) groups excluding carboxylic acids is 2. The normalized spacial score (nSPS) is 24.3. The van der Waals surface area contributed by atoms with Crippen molar-refractivity contribution in [2.24, 2.45) is 0 Å². The minimum absolute atomic E-state index is 0.0360. The van der Waals surface area contributed by atoms with Crippen molar-refractivity contribution in [3.63, 3.8) is 0 Å². The fourth-order valence-corrected chi connectivity index (χ4v) is 5.56. The molecule has 2 unspecified atom stereocenters. The molecule has 2 bridgehead atoms. The van der Waals surface area contributed by atoms with E-state index in [1.807, 2.05) is 30.3 Å². The van der Waals surface area contributed by atoms with Crippen molar-refractivity contribution in [1.29, 1.82) is 0 Å². The summed E-state index contributed by atoms with van der Waals surface area (Å²) in [5.74, 6) is 0.724. The molecular weight excluding hydrogens is 488 g/mol. The number of hydrogen-bond donors (Lipinski definition) is 3. The summed E-state index contributed by atoms with van der Waals surface area (Å²) in [7, 11) is 1.63. The maximum atomic E-state index is 13.3. The Hall–Kier alpha value is -4.41. The lowest BCUT2D eigenvalue weighted by molar-refractivity contribution is -0.200. The van der Waals surface area contributed by atoms with Crippen LogP contribution in [0.1, 0.15) is 29.4 Å². The van der Waals surface area contributed by atoms with Gasteiger partial charge < -0.3 is 24.3 Å². The second-order valence-electron chi connectivity index (χ2n) is 9.87. The van der Waals surface area contributed by atoms with Gasteiger partial charge >= 0.3 is 6.03 Å². The molecule has 3 N–H and O–H groups in total. The fraction of sp³-hybridized carbons (Fsp3) is 0.250. The second-order valence-corrected chi connectivity index (χ2v) is 9.87. The first-order valence-electron chi connectivity index (χ1n) is 12.3. The molecule has 4 aromatic rings. The number of carbonyl (C=O) groups is 2. The summed E-state index contributed by atoms with van der Waals surface area (Å²) in [5, 5.41) is 15.8. The number of methoxy groups -OCH3 is 1. The number of pyridine rings is 1. The first-order chi connectivity index (χ1) is 18.4. The average Bonchev–Trinajstić information content (AvgIpc) is 3.34. The maximum absolute atomic E-state index is 13.3. The molecule has 2 fully saturated rings. The molecule has 8 rings (SSSR count). The summed E-state index contributed by atoms with van der Waals surface area (Å²) in [6.07, 6.45) is 2.11. The van der Waals surface area contributed by atoms with E-state index < -0.39 is 17.5 Å². The number of ether oxygens (including phenoxy) is 2. The summed E-state index contributed by atoms with van der Waals surface area (Å²) in [6.45, 7) is 0.689. The molecule has 38 heavy (non-hydrogen) atoms. The van der Waals surface area contributed by atoms with Gasteiger partial charge in [0, 0.05) is 30.5 Å². The quantitative estimate of drug-likeness (QED) is 0.347. The Balaban J connectivity index is 1.26. The van der Waals surface area contributed by atoms with Crippen LogP contribution in [0.4, 0.5) is 4.79 Å². The highest BCUT2D eigenvalue weighted by atomic mass is 16.5. The van der Waals surface area contributed by atoms with E-state index in [0.29, 0.717) is 23.6 Å². The molecule has 2 saturated heterocycles. The molecule has 192 valence electrons. The van der Waals surface area contributed by atoms with E-state index in [4.69, 9.17) is 13.9 Å². The van der Waals surface area contributed by atoms with Crippen molar-refractivity contribution in [3.05, 3.63) is 77.7 Å². The van der Waals surface area contributed by atoms with Crippen LogP contribution in [0.3, 0.4) is 0 Å². The van der Waals surface area contributed by atoms with Gasteiger partial charge in [-0.05, 0) is 47.5 Å². The summed E-state index contributed by atoms with van der Waals surface area (Å²) in [4.78, 5) is 32.3. The molecule has 4 aliphatic rings. The van der Waals surface area contributed by atoms with E-state index in [9.17, 15) is 14.7 Å². The summed E-state index contributed by atoms with van der Waals surface area (Å²) < 4.78 is 17.7. The van der Waals surface area contributed by atoms with Crippen LogP contribution in [-0.4, -0.2) is 46.8 Å². The fourth-order valence-electron chi connectivity index (χ4n) is 5.56. The van der Waals surface area contributed by atoms with Gasteiger partial charge in [0.15, 0.2) is 11.1 Å². The Morgan fingerprint density at radius 1 is 1.18 bits per heavy atom. The van der Waals surface area contributed by atoms with Crippen molar-refractivity contribution in [2.75, 3.05) is 13.7 Å². The Morgan fingerprint density at radius 3 is 2.82 bits per heavy atom. The lowest BCUT2D eigenvalue weighted by atomic mass is 9.94. The van der Waals surface area contributed by atoms with Gasteiger partial charge in [-0.1, -0.05) is 18.2 Å². The van der Waals surface area contributed by atoms with Gasteiger partial charge in [-0.2, -0.15) is 0 Å². The molecule has 0 aliphatic carbocycles. The first-order valence-corrected chi connectivity index (χ1v) is 12.3. The molecule has 0 radical (unpaired) electrons. The summed E-state index contributed by atoms with van der Waals surface area (Å²) in [5.41, 5.74) is 2.57. The standard InChI is InChI=1S/C28H24N4O6/c1-36-19-6-5-16-13-32(25-11-22(38-25)20(16)10-19)14-28(26(34)30-27(35)31-28)24-9-17-8-21(29-12-23(17)37-24)15-3-2-4-18(33)7-15/h2-10,12,22,25,33H,11,13-14H2,1H3,(H2,30,31,34,35)/t22?,25?,28-/m0/s1. The SMILES string of the molecule is COc1ccc2c(c1)C1CC(O1)N(C[C@@]1(c3cc4cc(-c5cccc(O)c5)ncc4o3)NC(=O)NC1=O)C2. The maximum Gasteiger partial charge on any atom is 0.322 e. The van der Waals surface area contributed by atoms with Crippen LogP contribution < -0.4 is 15.4 Å². The number of rotatable bonds is 5. The van der Waals surface area contributed by atoms with Gasteiger partial charge in [0.1, 0.15) is 23.5 Å². The monoisotopic (exact) mass is 512 g/mol. The number of phenols is 1. The summed E-state index contributed by atoms with van der Waals surface area (Å²) >= 11 is 0. The van der Waals surface area contributed by atoms with Crippen molar-refractivity contribution < 1.29 is 28.6 Å². The molecule has 0 spiro atoms. The number of aromatic nitrogens is 1. The Morgan fingerprint density at radius 2 is 2.05 bits per heavy atom. The molecule has 0 saturated carbocycles. The third-order valence-corrected chi connectivity index (χ3v) is 7.57. The van der Waals surface area contributed by atoms with Crippen LogP contribution in [-0.2, 0) is 21.6 Å². The highest BCUT2D eigenvalue weighted by Gasteiger charge is 2.54. The van der Waals surface area contributed by atoms with Gasteiger partial charge in [-0.15, -0.1) is 0 Å². The van der Waals surface area contributed by atoms with Crippen LogP contribution in [0.25, 0.3) is 22.2 Å². The van der Waals surface area contributed by atoms with Gasteiger partial charge in [0.2, 0.25) is 0 Å². The number of hydrogen-bond acceptors (Lipinski definition) is 8. The average molecular weight is 513 g/mol. The van der Waals surface area contributed by atoms with Crippen molar-refractivity contribution in [3.8, 4) is 22.8 Å². The van der Waals surface area contributed by atoms with Crippen LogP contribution in [0.15, 0.2) is 65.2 Å². The second kappa shape index (κ2) is 8.30. The molecule has 4 aliphatic heterocycles. The van der Waals surface area contributed by atoms with Crippen LogP contribution in [0, 0.1) is 0 Å². The van der Waals surface area contributed by atoms with E-state index in [0.717, 1.165) is 34.2 Å².